The molecule has 0 saturated carbocycles. The van der Waals surface area contributed by atoms with Crippen LogP contribution in [0, 0.1) is 11.7 Å². The van der Waals surface area contributed by atoms with Crippen LogP contribution in [0.3, 0.4) is 0 Å². The van der Waals surface area contributed by atoms with Gasteiger partial charge in [0.15, 0.2) is 0 Å². The van der Waals surface area contributed by atoms with E-state index in [9.17, 15) is 4.39 Å². The monoisotopic (exact) mass is 249 g/mol. The molecule has 0 aliphatic heterocycles. The van der Waals surface area contributed by atoms with Crippen molar-refractivity contribution in [3.63, 3.8) is 0 Å². The van der Waals surface area contributed by atoms with E-state index in [0.717, 1.165) is 17.9 Å². The van der Waals surface area contributed by atoms with Gasteiger partial charge in [-0.1, -0.05) is 13.8 Å². The summed E-state index contributed by atoms with van der Waals surface area (Å²) in [5.41, 5.74) is 7.55. The molecule has 0 radical (unpaired) electrons. The highest BCUT2D eigenvalue weighted by molar-refractivity contribution is 5.76. The molecule has 2 aromatic rings. The number of rotatable bonds is 4. The smallest absolute Gasteiger partial charge is 0.125 e. The van der Waals surface area contributed by atoms with Crippen molar-refractivity contribution >= 4 is 11.0 Å². The molecule has 18 heavy (non-hydrogen) atoms. The van der Waals surface area contributed by atoms with Gasteiger partial charge in [0.1, 0.15) is 11.6 Å². The van der Waals surface area contributed by atoms with Gasteiger partial charge in [0.25, 0.3) is 0 Å². The maximum atomic E-state index is 13.2. The maximum absolute atomic E-state index is 13.2. The lowest BCUT2D eigenvalue weighted by molar-refractivity contribution is 0.467. The first kappa shape index (κ1) is 13.0. The van der Waals surface area contributed by atoms with Crippen LogP contribution in [-0.2, 0) is 6.54 Å². The van der Waals surface area contributed by atoms with Crippen LogP contribution in [0.5, 0.6) is 0 Å². The summed E-state index contributed by atoms with van der Waals surface area (Å²) < 4.78 is 15.4. The average molecular weight is 249 g/mol. The molecule has 2 rings (SSSR count). The third kappa shape index (κ3) is 2.12. The third-order valence-electron chi connectivity index (χ3n) is 3.45. The molecule has 1 unspecified atom stereocenters. The van der Waals surface area contributed by atoms with Gasteiger partial charge >= 0.3 is 0 Å². The molecule has 0 spiro atoms. The van der Waals surface area contributed by atoms with E-state index in [1.54, 1.807) is 6.07 Å². The summed E-state index contributed by atoms with van der Waals surface area (Å²) in [5.74, 6) is 1.35. The number of benzene rings is 1. The van der Waals surface area contributed by atoms with Gasteiger partial charge in [-0.2, -0.15) is 0 Å². The van der Waals surface area contributed by atoms with Gasteiger partial charge in [0, 0.05) is 25.1 Å². The molecule has 1 aromatic heterocycles. The zero-order valence-electron chi connectivity index (χ0n) is 11.2. The second-order valence-electron chi connectivity index (χ2n) is 4.93. The number of fused-ring (bicyclic) bond motifs is 1. The van der Waals surface area contributed by atoms with E-state index in [1.165, 1.54) is 12.1 Å². The van der Waals surface area contributed by atoms with E-state index < -0.39 is 0 Å². The van der Waals surface area contributed by atoms with E-state index in [2.05, 4.69) is 30.3 Å². The summed E-state index contributed by atoms with van der Waals surface area (Å²) in [7, 11) is 0. The SMILES string of the molecule is CCn1c(C(CN)C(C)C)nc2cc(F)ccc21. The second-order valence-corrected chi connectivity index (χ2v) is 4.93. The van der Waals surface area contributed by atoms with E-state index in [0.29, 0.717) is 18.0 Å². The number of hydrogen-bond acceptors (Lipinski definition) is 2. The Morgan fingerprint density at radius 1 is 1.39 bits per heavy atom. The molecule has 3 nitrogen and oxygen atoms in total. The highest BCUT2D eigenvalue weighted by Gasteiger charge is 2.21. The molecule has 0 saturated heterocycles. The highest BCUT2D eigenvalue weighted by atomic mass is 19.1. The molecule has 2 N–H and O–H groups in total. The quantitative estimate of drug-likeness (QED) is 0.905. The zero-order chi connectivity index (χ0) is 13.3. The Hall–Kier alpha value is -1.42. The van der Waals surface area contributed by atoms with Crippen LogP contribution in [-0.4, -0.2) is 16.1 Å². The van der Waals surface area contributed by atoms with E-state index in [1.807, 2.05) is 0 Å². The number of nitrogens with zero attached hydrogens (tertiary/aromatic N) is 2. The van der Waals surface area contributed by atoms with Crippen molar-refractivity contribution in [1.82, 2.24) is 9.55 Å². The molecule has 0 aliphatic rings. The minimum atomic E-state index is -0.247. The predicted octanol–water partition coefficient (Wildman–Crippen LogP) is 2.89. The fourth-order valence-electron chi connectivity index (χ4n) is 2.41. The van der Waals surface area contributed by atoms with Crippen molar-refractivity contribution in [2.45, 2.75) is 33.2 Å². The number of hydrogen-bond donors (Lipinski definition) is 1. The van der Waals surface area contributed by atoms with Crippen LogP contribution in [0.1, 0.15) is 32.5 Å². The number of aromatic nitrogens is 2. The molecule has 98 valence electrons. The van der Waals surface area contributed by atoms with Crippen LogP contribution in [0.4, 0.5) is 4.39 Å². The first-order valence-electron chi connectivity index (χ1n) is 6.44. The van der Waals surface area contributed by atoms with Crippen LogP contribution in [0.15, 0.2) is 18.2 Å². The van der Waals surface area contributed by atoms with Crippen molar-refractivity contribution in [2.75, 3.05) is 6.54 Å². The first-order valence-corrected chi connectivity index (χ1v) is 6.44. The Kier molecular flexibility index (Phi) is 3.66. The van der Waals surface area contributed by atoms with Crippen LogP contribution >= 0.6 is 0 Å². The molecule has 0 aliphatic carbocycles. The largest absolute Gasteiger partial charge is 0.330 e. The molecule has 1 atom stereocenters. The summed E-state index contributed by atoms with van der Waals surface area (Å²) >= 11 is 0. The zero-order valence-corrected chi connectivity index (χ0v) is 11.2. The van der Waals surface area contributed by atoms with E-state index in [-0.39, 0.29) is 11.7 Å². The van der Waals surface area contributed by atoms with Crippen LogP contribution in [0.2, 0.25) is 0 Å². The van der Waals surface area contributed by atoms with Gasteiger partial charge in [-0.25, -0.2) is 9.37 Å². The standard InChI is InChI=1S/C14H20FN3/c1-4-18-13-6-5-10(15)7-12(13)17-14(18)11(8-16)9(2)3/h5-7,9,11H,4,8,16H2,1-3H3. The molecule has 0 bridgehead atoms. The Morgan fingerprint density at radius 2 is 2.11 bits per heavy atom. The molecule has 1 heterocycles. The Balaban J connectivity index is 2.62. The van der Waals surface area contributed by atoms with Gasteiger partial charge in [-0.05, 0) is 25.0 Å². The molecular formula is C14H20FN3. The van der Waals surface area contributed by atoms with E-state index >= 15 is 0 Å². The lowest BCUT2D eigenvalue weighted by Gasteiger charge is -2.19. The van der Waals surface area contributed by atoms with Crippen molar-refractivity contribution in [3.8, 4) is 0 Å². The molecule has 0 amide bonds. The van der Waals surface area contributed by atoms with Gasteiger partial charge in [0.2, 0.25) is 0 Å². The summed E-state index contributed by atoms with van der Waals surface area (Å²) in [6.45, 7) is 7.72. The van der Waals surface area contributed by atoms with Gasteiger partial charge < -0.3 is 10.3 Å². The summed E-state index contributed by atoms with van der Waals surface area (Å²) in [6.07, 6.45) is 0. The van der Waals surface area contributed by atoms with Crippen molar-refractivity contribution in [3.05, 3.63) is 29.8 Å². The Bertz CT molecular complexity index is 545. The topological polar surface area (TPSA) is 43.8 Å². The third-order valence-corrected chi connectivity index (χ3v) is 3.45. The molecule has 0 fully saturated rings. The van der Waals surface area contributed by atoms with Crippen molar-refractivity contribution in [1.29, 1.82) is 0 Å². The number of halogens is 1. The highest BCUT2D eigenvalue weighted by Crippen LogP contribution is 2.27. The fraction of sp³-hybridized carbons (Fsp3) is 0.500. The van der Waals surface area contributed by atoms with Crippen LogP contribution in [0.25, 0.3) is 11.0 Å². The summed E-state index contributed by atoms with van der Waals surface area (Å²) in [5, 5.41) is 0. The molecule has 1 aromatic carbocycles. The van der Waals surface area contributed by atoms with Crippen LogP contribution < -0.4 is 5.73 Å². The second kappa shape index (κ2) is 5.06. The van der Waals surface area contributed by atoms with Gasteiger partial charge in [-0.3, -0.25) is 0 Å². The predicted molar refractivity (Wildman–Crippen MR) is 72.0 cm³/mol. The van der Waals surface area contributed by atoms with E-state index in [4.69, 9.17) is 5.73 Å². The lowest BCUT2D eigenvalue weighted by atomic mass is 9.95. The summed E-state index contributed by atoms with van der Waals surface area (Å²) in [4.78, 5) is 4.58. The minimum absolute atomic E-state index is 0.209. The Labute approximate surface area is 107 Å². The minimum Gasteiger partial charge on any atom is -0.330 e. The maximum Gasteiger partial charge on any atom is 0.125 e. The normalized spacial score (nSPS) is 13.4. The lowest BCUT2D eigenvalue weighted by Crippen LogP contribution is -2.21. The molecule has 4 heteroatoms. The average Bonchev–Trinajstić information content (AvgIpc) is 2.66. The number of nitrogens with two attached hydrogens (primary N) is 1. The fourth-order valence-corrected chi connectivity index (χ4v) is 2.41. The van der Waals surface area contributed by atoms with Gasteiger partial charge in [0.05, 0.1) is 11.0 Å². The van der Waals surface area contributed by atoms with Crippen molar-refractivity contribution in [2.24, 2.45) is 11.7 Å². The number of imidazole rings is 1. The van der Waals surface area contributed by atoms with Crippen molar-refractivity contribution < 1.29 is 4.39 Å². The van der Waals surface area contributed by atoms with Gasteiger partial charge in [-0.15, -0.1) is 0 Å². The summed E-state index contributed by atoms with van der Waals surface area (Å²) in [6, 6.07) is 4.75. The molecular weight excluding hydrogens is 229 g/mol. The first-order chi connectivity index (χ1) is 8.58. The number of aryl methyl sites for hydroxylation is 1. The Morgan fingerprint density at radius 3 is 2.67 bits per heavy atom.